The van der Waals surface area contributed by atoms with E-state index in [9.17, 15) is 24.3 Å². The molecule has 0 aliphatic carbocycles. The minimum Gasteiger partial charge on any atom is -0.480 e. The molecular weight excluding hydrogens is 422 g/mol. The molecule has 0 aliphatic rings. The van der Waals surface area contributed by atoms with Gasteiger partial charge in [0.15, 0.2) is 0 Å². The second-order valence-electron chi connectivity index (χ2n) is 7.28. The molecule has 0 aromatic heterocycles. The summed E-state index contributed by atoms with van der Waals surface area (Å²) in [5.74, 6) is -1.43. The minimum absolute atomic E-state index is 0.246. The van der Waals surface area contributed by atoms with Gasteiger partial charge >= 0.3 is 11.9 Å². The second kappa shape index (κ2) is 16.1. The summed E-state index contributed by atoms with van der Waals surface area (Å²) in [5.41, 5.74) is 6.61. The Morgan fingerprint density at radius 2 is 1.68 bits per heavy atom. The van der Waals surface area contributed by atoms with Crippen molar-refractivity contribution in [3.05, 3.63) is 35.9 Å². The molecule has 10 heteroatoms. The molecule has 1 rings (SSSR count). The molecule has 0 saturated carbocycles. The van der Waals surface area contributed by atoms with Gasteiger partial charge in [-0.1, -0.05) is 44.2 Å². The third kappa shape index (κ3) is 13.3. The molecule has 0 heterocycles. The van der Waals surface area contributed by atoms with Crippen molar-refractivity contribution in [1.29, 1.82) is 0 Å². The standard InChI is InChI=1S/C15H22N2O3.C6H11NO3S/c1-10(2)8-12(16)14(18)17-13(15(19)20)9-11-6-4-3-5-7-11;1-11-3-2-5(6(9)10)7-4-8/h3-7,10,12-13H,8-9,16H2,1-2H3,(H,17,18)(H,19,20);4-5H,2-3H2,1H3,(H,7,8)(H,9,10)/t12-,13-;5-/m00/s1. The monoisotopic (exact) mass is 455 g/mol. The van der Waals surface area contributed by atoms with Gasteiger partial charge in [-0.15, -0.1) is 0 Å². The van der Waals surface area contributed by atoms with Crippen molar-refractivity contribution in [3.8, 4) is 0 Å². The summed E-state index contributed by atoms with van der Waals surface area (Å²) in [5, 5.41) is 22.4. The molecule has 0 unspecified atom stereocenters. The molecule has 1 aromatic rings. The normalized spacial score (nSPS) is 13.2. The Morgan fingerprint density at radius 3 is 2.13 bits per heavy atom. The summed E-state index contributed by atoms with van der Waals surface area (Å²) in [6, 6.07) is 6.82. The first-order chi connectivity index (χ1) is 14.6. The number of carbonyl (C=O) groups is 4. The van der Waals surface area contributed by atoms with Crippen LogP contribution in [-0.4, -0.2) is 64.6 Å². The van der Waals surface area contributed by atoms with E-state index in [4.69, 9.17) is 10.8 Å². The van der Waals surface area contributed by atoms with E-state index in [-0.39, 0.29) is 12.3 Å². The van der Waals surface area contributed by atoms with Gasteiger partial charge in [-0.25, -0.2) is 9.59 Å². The first kappa shape index (κ1) is 28.4. The fraction of sp³-hybridized carbons (Fsp3) is 0.524. The summed E-state index contributed by atoms with van der Waals surface area (Å²) < 4.78 is 0. The van der Waals surface area contributed by atoms with Crippen molar-refractivity contribution < 1.29 is 29.4 Å². The quantitative estimate of drug-likeness (QED) is 0.277. The van der Waals surface area contributed by atoms with Gasteiger partial charge in [0.05, 0.1) is 6.04 Å². The third-order valence-electron chi connectivity index (χ3n) is 4.14. The van der Waals surface area contributed by atoms with E-state index in [0.29, 0.717) is 19.3 Å². The SMILES string of the molecule is CC(C)C[C@H](N)C(=O)N[C@@H](Cc1ccccc1)C(=O)O.CSCC[C@H](NC=O)C(=O)O. The lowest BCUT2D eigenvalue weighted by Crippen LogP contribution is -2.49. The van der Waals surface area contributed by atoms with Gasteiger partial charge in [0.2, 0.25) is 12.3 Å². The molecule has 0 fully saturated rings. The fourth-order valence-corrected chi connectivity index (χ4v) is 3.01. The van der Waals surface area contributed by atoms with Gasteiger partial charge in [-0.2, -0.15) is 11.8 Å². The first-order valence-electron chi connectivity index (χ1n) is 9.86. The molecule has 31 heavy (non-hydrogen) atoms. The van der Waals surface area contributed by atoms with Crippen LogP contribution in [0.2, 0.25) is 0 Å². The zero-order chi connectivity index (χ0) is 23.8. The van der Waals surface area contributed by atoms with Crippen molar-refractivity contribution in [1.82, 2.24) is 10.6 Å². The number of aliphatic carboxylic acids is 2. The highest BCUT2D eigenvalue weighted by Gasteiger charge is 2.23. The summed E-state index contributed by atoms with van der Waals surface area (Å²) in [4.78, 5) is 43.4. The van der Waals surface area contributed by atoms with E-state index in [1.165, 1.54) is 0 Å². The number of carboxylic acids is 2. The average molecular weight is 456 g/mol. The molecule has 9 nitrogen and oxygen atoms in total. The van der Waals surface area contributed by atoms with Crippen LogP contribution in [0, 0.1) is 5.92 Å². The molecule has 3 atom stereocenters. The van der Waals surface area contributed by atoms with Gasteiger partial charge in [0.25, 0.3) is 0 Å². The van der Waals surface area contributed by atoms with E-state index >= 15 is 0 Å². The fourth-order valence-electron chi connectivity index (χ4n) is 2.54. The number of rotatable bonds is 13. The van der Waals surface area contributed by atoms with Crippen LogP contribution in [0.1, 0.15) is 32.3 Å². The summed E-state index contributed by atoms with van der Waals surface area (Å²) in [6.45, 7) is 3.93. The molecule has 0 aliphatic heterocycles. The highest BCUT2D eigenvalue weighted by atomic mass is 32.2. The highest BCUT2D eigenvalue weighted by molar-refractivity contribution is 7.98. The van der Waals surface area contributed by atoms with Crippen molar-refractivity contribution in [2.24, 2.45) is 11.7 Å². The predicted octanol–water partition coefficient (Wildman–Crippen LogP) is 1.11. The van der Waals surface area contributed by atoms with E-state index in [2.05, 4.69) is 10.6 Å². The summed E-state index contributed by atoms with van der Waals surface area (Å²) in [6.07, 6.45) is 3.55. The van der Waals surface area contributed by atoms with Crippen molar-refractivity contribution in [2.75, 3.05) is 12.0 Å². The molecule has 0 bridgehead atoms. The van der Waals surface area contributed by atoms with Crippen LogP contribution in [0.15, 0.2) is 30.3 Å². The van der Waals surface area contributed by atoms with Crippen LogP contribution in [0.4, 0.5) is 0 Å². The number of benzene rings is 1. The molecular formula is C21H33N3O6S. The number of amides is 2. The molecule has 0 saturated heterocycles. The Bertz CT molecular complexity index is 687. The largest absolute Gasteiger partial charge is 0.480 e. The molecule has 6 N–H and O–H groups in total. The molecule has 0 spiro atoms. The van der Waals surface area contributed by atoms with Crippen molar-refractivity contribution in [3.63, 3.8) is 0 Å². The Hall–Kier alpha value is -2.59. The molecule has 0 radical (unpaired) electrons. The highest BCUT2D eigenvalue weighted by Crippen LogP contribution is 2.06. The zero-order valence-electron chi connectivity index (χ0n) is 18.1. The van der Waals surface area contributed by atoms with Crippen LogP contribution in [0.25, 0.3) is 0 Å². The number of nitrogens with two attached hydrogens (primary N) is 1. The maximum absolute atomic E-state index is 11.9. The van der Waals surface area contributed by atoms with Crippen LogP contribution < -0.4 is 16.4 Å². The van der Waals surface area contributed by atoms with Gasteiger partial charge in [-0.05, 0) is 36.3 Å². The minimum atomic E-state index is -1.06. The predicted molar refractivity (Wildman–Crippen MR) is 121 cm³/mol. The Morgan fingerprint density at radius 1 is 1.10 bits per heavy atom. The maximum atomic E-state index is 11.9. The van der Waals surface area contributed by atoms with Gasteiger partial charge < -0.3 is 26.6 Å². The summed E-state index contributed by atoms with van der Waals surface area (Å²) >= 11 is 1.55. The van der Waals surface area contributed by atoms with E-state index in [0.717, 1.165) is 11.3 Å². The van der Waals surface area contributed by atoms with Crippen LogP contribution in [0.3, 0.4) is 0 Å². The molecule has 174 valence electrons. The lowest BCUT2D eigenvalue weighted by molar-refractivity contribution is -0.142. The topological polar surface area (TPSA) is 159 Å². The van der Waals surface area contributed by atoms with E-state index in [1.807, 2.05) is 50.4 Å². The van der Waals surface area contributed by atoms with Crippen LogP contribution in [-0.2, 0) is 25.6 Å². The van der Waals surface area contributed by atoms with Crippen LogP contribution >= 0.6 is 11.8 Å². The molecule has 2 amide bonds. The Labute approximate surface area is 187 Å². The Balaban J connectivity index is 0.000000695. The lowest BCUT2D eigenvalue weighted by Gasteiger charge is -2.19. The van der Waals surface area contributed by atoms with Crippen LogP contribution in [0.5, 0.6) is 0 Å². The van der Waals surface area contributed by atoms with E-state index in [1.54, 1.807) is 11.8 Å². The van der Waals surface area contributed by atoms with Gasteiger partial charge in [0, 0.05) is 6.42 Å². The summed E-state index contributed by atoms with van der Waals surface area (Å²) in [7, 11) is 0. The van der Waals surface area contributed by atoms with Gasteiger partial charge in [-0.3, -0.25) is 9.59 Å². The number of carbonyl (C=O) groups excluding carboxylic acids is 2. The molecule has 1 aromatic carbocycles. The first-order valence-corrected chi connectivity index (χ1v) is 11.3. The third-order valence-corrected chi connectivity index (χ3v) is 4.78. The smallest absolute Gasteiger partial charge is 0.326 e. The lowest BCUT2D eigenvalue weighted by atomic mass is 10.0. The number of hydrogen-bond donors (Lipinski definition) is 5. The van der Waals surface area contributed by atoms with E-state index < -0.39 is 36.0 Å². The van der Waals surface area contributed by atoms with Crippen molar-refractivity contribution in [2.45, 2.75) is 51.2 Å². The number of hydrogen-bond acceptors (Lipinski definition) is 6. The van der Waals surface area contributed by atoms with Gasteiger partial charge in [0.1, 0.15) is 12.1 Å². The number of carboxylic acid groups (broad SMARTS) is 2. The number of nitrogens with one attached hydrogen (secondary N) is 2. The maximum Gasteiger partial charge on any atom is 0.326 e. The number of thioether (sulfide) groups is 1. The average Bonchev–Trinajstić information content (AvgIpc) is 2.71. The Kier molecular flexibility index (Phi) is 14.8. The second-order valence-corrected chi connectivity index (χ2v) is 8.27. The zero-order valence-corrected chi connectivity index (χ0v) is 18.9. The van der Waals surface area contributed by atoms with Crippen molar-refractivity contribution >= 4 is 36.0 Å².